The van der Waals surface area contributed by atoms with Gasteiger partial charge in [-0.25, -0.2) is 4.99 Å². The molecule has 0 atom stereocenters. The molecule has 0 saturated carbocycles. The summed E-state index contributed by atoms with van der Waals surface area (Å²) < 4.78 is 12.2. The van der Waals surface area contributed by atoms with E-state index in [0.717, 1.165) is 56.5 Å². The first-order chi connectivity index (χ1) is 13.1. The molecule has 2 rings (SSSR count). The van der Waals surface area contributed by atoms with Crippen molar-refractivity contribution in [2.75, 3.05) is 40.0 Å². The number of ether oxygens (including phenoxy) is 2. The lowest BCUT2D eigenvalue weighted by Gasteiger charge is -2.33. The first kappa shape index (κ1) is 24.6. The van der Waals surface area contributed by atoms with Crippen LogP contribution in [-0.4, -0.2) is 71.6 Å². The Morgan fingerprint density at radius 3 is 2.61 bits per heavy atom. The fraction of sp³-hybridized carbons (Fsp3) is 0.778. The summed E-state index contributed by atoms with van der Waals surface area (Å²) in [6, 6.07) is 0. The maximum atomic E-state index is 12.0. The SMILES string of the molecule is CCOC(=O)C1CCN(C(=NCc2nnc(C)n2C)NCCCOC)CC1.I. The van der Waals surface area contributed by atoms with Crippen molar-refractivity contribution >= 4 is 35.9 Å². The predicted octanol–water partition coefficient (Wildman–Crippen LogP) is 1.50. The third-order valence-electron chi connectivity index (χ3n) is 4.78. The van der Waals surface area contributed by atoms with Crippen LogP contribution in [0.3, 0.4) is 0 Å². The van der Waals surface area contributed by atoms with E-state index in [1.165, 1.54) is 0 Å². The summed E-state index contributed by atoms with van der Waals surface area (Å²) in [5, 5.41) is 11.7. The lowest BCUT2D eigenvalue weighted by Crippen LogP contribution is -2.47. The minimum absolute atomic E-state index is 0. The van der Waals surface area contributed by atoms with Crippen molar-refractivity contribution in [3.63, 3.8) is 0 Å². The van der Waals surface area contributed by atoms with E-state index in [4.69, 9.17) is 14.5 Å². The third-order valence-corrected chi connectivity index (χ3v) is 4.78. The Morgan fingerprint density at radius 1 is 1.32 bits per heavy atom. The highest BCUT2D eigenvalue weighted by molar-refractivity contribution is 14.0. The molecule has 0 amide bonds. The van der Waals surface area contributed by atoms with Gasteiger partial charge in [0.25, 0.3) is 0 Å². The van der Waals surface area contributed by atoms with Gasteiger partial charge in [0.15, 0.2) is 11.8 Å². The van der Waals surface area contributed by atoms with Crippen LogP contribution >= 0.6 is 24.0 Å². The van der Waals surface area contributed by atoms with Gasteiger partial charge in [-0.05, 0) is 33.1 Å². The van der Waals surface area contributed by atoms with Gasteiger partial charge in [-0.3, -0.25) is 4.79 Å². The molecule has 0 spiro atoms. The molecule has 0 aliphatic carbocycles. The van der Waals surface area contributed by atoms with E-state index in [2.05, 4.69) is 20.4 Å². The molecule has 1 N–H and O–H groups in total. The Labute approximate surface area is 184 Å². The van der Waals surface area contributed by atoms with Crippen LogP contribution in [0.4, 0.5) is 0 Å². The number of aromatic nitrogens is 3. The number of aryl methyl sites for hydroxylation is 1. The molecule has 10 heteroatoms. The van der Waals surface area contributed by atoms with Gasteiger partial charge in [0.1, 0.15) is 12.4 Å². The van der Waals surface area contributed by atoms with Gasteiger partial charge < -0.3 is 24.3 Å². The lowest BCUT2D eigenvalue weighted by molar-refractivity contribution is -0.149. The van der Waals surface area contributed by atoms with Crippen LogP contribution in [0.1, 0.15) is 37.8 Å². The Morgan fingerprint density at radius 2 is 2.04 bits per heavy atom. The van der Waals surface area contributed by atoms with Crippen molar-refractivity contribution in [3.05, 3.63) is 11.6 Å². The zero-order valence-electron chi connectivity index (χ0n) is 17.3. The largest absolute Gasteiger partial charge is 0.466 e. The summed E-state index contributed by atoms with van der Waals surface area (Å²) in [6.07, 6.45) is 2.46. The van der Waals surface area contributed by atoms with Crippen LogP contribution < -0.4 is 5.32 Å². The predicted molar refractivity (Wildman–Crippen MR) is 118 cm³/mol. The van der Waals surface area contributed by atoms with E-state index in [0.29, 0.717) is 19.8 Å². The number of rotatable bonds is 8. The molecule has 1 saturated heterocycles. The molecule has 0 bridgehead atoms. The van der Waals surface area contributed by atoms with E-state index in [-0.39, 0.29) is 35.9 Å². The quantitative estimate of drug-likeness (QED) is 0.187. The number of methoxy groups -OCH3 is 1. The Bertz CT molecular complexity index is 629. The zero-order chi connectivity index (χ0) is 19.6. The number of carbonyl (C=O) groups excluding carboxylic acids is 1. The number of hydrogen-bond donors (Lipinski definition) is 1. The Balaban J connectivity index is 0.00000392. The van der Waals surface area contributed by atoms with E-state index in [1.54, 1.807) is 7.11 Å². The van der Waals surface area contributed by atoms with Crippen molar-refractivity contribution in [1.82, 2.24) is 25.0 Å². The number of aliphatic imine (C=N–C) groups is 1. The van der Waals surface area contributed by atoms with Crippen LogP contribution in [-0.2, 0) is 27.9 Å². The minimum atomic E-state index is -0.0850. The van der Waals surface area contributed by atoms with E-state index in [9.17, 15) is 4.79 Å². The molecule has 2 heterocycles. The molecule has 28 heavy (non-hydrogen) atoms. The normalized spacial score (nSPS) is 15.3. The smallest absolute Gasteiger partial charge is 0.309 e. The second-order valence-electron chi connectivity index (χ2n) is 6.65. The molecule has 1 aliphatic heterocycles. The third kappa shape index (κ3) is 7.19. The number of nitrogens with one attached hydrogen (secondary N) is 1. The molecule has 1 aromatic rings. The fourth-order valence-electron chi connectivity index (χ4n) is 3.01. The van der Waals surface area contributed by atoms with Gasteiger partial charge in [0.2, 0.25) is 0 Å². The number of nitrogens with zero attached hydrogens (tertiary/aromatic N) is 5. The standard InChI is InChI=1S/C18H32N6O3.HI/c1-5-27-17(25)15-7-10-24(11-8-15)18(19-9-6-12-26-4)20-13-16-22-21-14(2)23(16)3;/h15H,5-13H2,1-4H3,(H,19,20);1H. The van der Waals surface area contributed by atoms with Crippen molar-refractivity contribution in [2.45, 2.75) is 39.7 Å². The summed E-state index contributed by atoms with van der Waals surface area (Å²) in [6.45, 7) is 7.69. The van der Waals surface area contributed by atoms with E-state index < -0.39 is 0 Å². The van der Waals surface area contributed by atoms with Gasteiger partial charge in [0.05, 0.1) is 12.5 Å². The van der Waals surface area contributed by atoms with Gasteiger partial charge >= 0.3 is 5.97 Å². The molecule has 160 valence electrons. The second-order valence-corrected chi connectivity index (χ2v) is 6.65. The molecule has 1 aromatic heterocycles. The summed E-state index contributed by atoms with van der Waals surface area (Å²) in [4.78, 5) is 18.9. The van der Waals surface area contributed by atoms with Crippen LogP contribution in [0.15, 0.2) is 4.99 Å². The molecule has 1 fully saturated rings. The van der Waals surface area contributed by atoms with Crippen molar-refractivity contribution in [1.29, 1.82) is 0 Å². The number of halogens is 1. The molecular weight excluding hydrogens is 475 g/mol. The minimum Gasteiger partial charge on any atom is -0.466 e. The average Bonchev–Trinajstić information content (AvgIpc) is 3.00. The summed E-state index contributed by atoms with van der Waals surface area (Å²) in [7, 11) is 3.64. The number of carbonyl (C=O) groups is 1. The van der Waals surface area contributed by atoms with E-state index >= 15 is 0 Å². The van der Waals surface area contributed by atoms with Crippen LogP contribution in [0.2, 0.25) is 0 Å². The van der Waals surface area contributed by atoms with Crippen molar-refractivity contribution in [2.24, 2.45) is 18.0 Å². The van der Waals surface area contributed by atoms with Crippen LogP contribution in [0.5, 0.6) is 0 Å². The van der Waals surface area contributed by atoms with Crippen molar-refractivity contribution < 1.29 is 14.3 Å². The lowest BCUT2D eigenvalue weighted by atomic mass is 9.97. The van der Waals surface area contributed by atoms with E-state index in [1.807, 2.05) is 25.5 Å². The fourth-order valence-corrected chi connectivity index (χ4v) is 3.01. The summed E-state index contributed by atoms with van der Waals surface area (Å²) in [5.41, 5.74) is 0. The maximum absolute atomic E-state index is 12.0. The van der Waals surface area contributed by atoms with Gasteiger partial charge in [-0.2, -0.15) is 0 Å². The topological polar surface area (TPSA) is 93.9 Å². The molecule has 9 nitrogen and oxygen atoms in total. The van der Waals surface area contributed by atoms with Gasteiger partial charge in [0, 0.05) is 40.4 Å². The Kier molecular flexibility index (Phi) is 11.4. The number of guanidine groups is 1. The van der Waals surface area contributed by atoms with Gasteiger partial charge in [-0.15, -0.1) is 34.2 Å². The average molecular weight is 508 g/mol. The highest BCUT2D eigenvalue weighted by Gasteiger charge is 2.27. The number of esters is 1. The first-order valence-electron chi connectivity index (χ1n) is 9.60. The highest BCUT2D eigenvalue weighted by Crippen LogP contribution is 2.19. The molecule has 1 aliphatic rings. The number of piperidine rings is 1. The zero-order valence-corrected chi connectivity index (χ0v) is 19.6. The van der Waals surface area contributed by atoms with Crippen LogP contribution in [0, 0.1) is 12.8 Å². The second kappa shape index (κ2) is 12.9. The monoisotopic (exact) mass is 508 g/mol. The summed E-state index contributed by atoms with van der Waals surface area (Å²) in [5.74, 6) is 2.43. The first-order valence-corrected chi connectivity index (χ1v) is 9.60. The van der Waals surface area contributed by atoms with Gasteiger partial charge in [-0.1, -0.05) is 0 Å². The number of hydrogen-bond acceptors (Lipinski definition) is 6. The number of likely N-dealkylation sites (tertiary alicyclic amines) is 1. The molecular formula is C18H33IN6O3. The highest BCUT2D eigenvalue weighted by atomic mass is 127. The summed E-state index contributed by atoms with van der Waals surface area (Å²) >= 11 is 0. The van der Waals surface area contributed by atoms with Crippen molar-refractivity contribution in [3.8, 4) is 0 Å². The van der Waals surface area contributed by atoms with Crippen LogP contribution in [0.25, 0.3) is 0 Å². The Hall–Kier alpha value is -1.43. The molecule has 0 aromatic carbocycles. The maximum Gasteiger partial charge on any atom is 0.309 e. The molecule has 0 radical (unpaired) electrons. The molecule has 0 unspecified atom stereocenters.